The van der Waals surface area contributed by atoms with Gasteiger partial charge in [0, 0.05) is 0 Å². The second-order valence-electron chi connectivity index (χ2n) is 4.79. The third kappa shape index (κ3) is 1.75. The van der Waals surface area contributed by atoms with Crippen LogP contribution in [0, 0.1) is 0 Å². The molecule has 0 aliphatic carbocycles. The molecule has 1 fully saturated rings. The summed E-state index contributed by atoms with van der Waals surface area (Å²) in [5, 5.41) is 29.0. The van der Waals surface area contributed by atoms with E-state index in [2.05, 4.69) is 0 Å². The van der Waals surface area contributed by atoms with Crippen LogP contribution >= 0.6 is 0 Å². The van der Waals surface area contributed by atoms with Gasteiger partial charge in [-0.05, 0) is 12.1 Å². The molecule has 0 bridgehead atoms. The number of carbonyl (C=O) groups is 2. The molecule has 1 saturated heterocycles. The van der Waals surface area contributed by atoms with Crippen LogP contribution in [-0.2, 0) is 9.53 Å². The summed E-state index contributed by atoms with van der Waals surface area (Å²) in [4.78, 5) is 24.9. The minimum absolute atomic E-state index is 0.230. The number of rotatable bonds is 1. The summed E-state index contributed by atoms with van der Waals surface area (Å²) in [6.45, 7) is -0.233. The number of hydrogen-bond donors (Lipinski definition) is 3. The van der Waals surface area contributed by atoms with Crippen molar-refractivity contribution in [3.8, 4) is 0 Å². The van der Waals surface area contributed by atoms with Gasteiger partial charge in [0.1, 0.15) is 18.3 Å². The van der Waals surface area contributed by atoms with E-state index in [0.717, 1.165) is 4.90 Å². The molecule has 4 atom stereocenters. The molecule has 7 nitrogen and oxygen atoms in total. The molecular formula is C13H13NO6. The van der Waals surface area contributed by atoms with Gasteiger partial charge in [0.2, 0.25) is 0 Å². The molecule has 1 aromatic rings. The van der Waals surface area contributed by atoms with Gasteiger partial charge in [0.05, 0.1) is 17.9 Å². The van der Waals surface area contributed by atoms with Crippen LogP contribution in [0.25, 0.3) is 0 Å². The number of ether oxygens (including phenoxy) is 1. The number of hydrogen-bond acceptors (Lipinski definition) is 6. The number of Topliss-reactive ketones (excluding diaryl/α,β-unsaturated/α-hetero) is 1. The second-order valence-corrected chi connectivity index (χ2v) is 4.79. The molecule has 0 radical (unpaired) electrons. The minimum Gasteiger partial charge on any atom is -0.388 e. The van der Waals surface area contributed by atoms with Crippen molar-refractivity contribution >= 4 is 17.4 Å². The van der Waals surface area contributed by atoms with E-state index in [9.17, 15) is 24.9 Å². The van der Waals surface area contributed by atoms with Gasteiger partial charge in [-0.2, -0.15) is 0 Å². The molecule has 2 aliphatic rings. The molecule has 2 aliphatic heterocycles. The lowest BCUT2D eigenvalue weighted by Crippen LogP contribution is -2.60. The lowest BCUT2D eigenvalue weighted by molar-refractivity contribution is -0.187. The van der Waals surface area contributed by atoms with Crippen LogP contribution in [0.1, 0.15) is 10.4 Å². The summed E-state index contributed by atoms with van der Waals surface area (Å²) in [6.07, 6.45) is -5.37. The summed E-state index contributed by atoms with van der Waals surface area (Å²) in [6, 6.07) is 6.35. The van der Waals surface area contributed by atoms with E-state index in [0.29, 0.717) is 5.69 Å². The Hall–Kier alpha value is -1.80. The Morgan fingerprint density at radius 1 is 1.10 bits per heavy atom. The van der Waals surface area contributed by atoms with Gasteiger partial charge < -0.3 is 20.1 Å². The Bertz CT molecular complexity index is 574. The van der Waals surface area contributed by atoms with E-state index in [1.54, 1.807) is 18.2 Å². The number of amides is 1. The number of nitrogens with zero attached hydrogens (tertiary/aromatic N) is 1. The normalized spacial score (nSPS) is 33.5. The zero-order valence-electron chi connectivity index (χ0n) is 10.3. The fourth-order valence-electron chi connectivity index (χ4n) is 2.48. The number of anilines is 1. The molecule has 7 heteroatoms. The molecule has 0 aromatic heterocycles. The van der Waals surface area contributed by atoms with Gasteiger partial charge in [0.15, 0.2) is 6.23 Å². The molecule has 0 unspecified atom stereocenters. The number of para-hydroxylation sites is 1. The summed E-state index contributed by atoms with van der Waals surface area (Å²) in [7, 11) is 0. The van der Waals surface area contributed by atoms with Crippen molar-refractivity contribution in [3.63, 3.8) is 0 Å². The number of fused-ring (bicyclic) bond motifs is 1. The molecule has 3 N–H and O–H groups in total. The first kappa shape index (κ1) is 13.2. The van der Waals surface area contributed by atoms with Gasteiger partial charge in [-0.25, -0.2) is 0 Å². The lowest BCUT2D eigenvalue weighted by atomic mass is 10.0. The molecule has 20 heavy (non-hydrogen) atoms. The number of ketones is 1. The maximum absolute atomic E-state index is 12.0. The summed E-state index contributed by atoms with van der Waals surface area (Å²) in [5.74, 6) is -1.50. The van der Waals surface area contributed by atoms with Crippen molar-refractivity contribution < 1.29 is 29.6 Å². The van der Waals surface area contributed by atoms with Gasteiger partial charge >= 0.3 is 5.91 Å². The molecule has 2 heterocycles. The quantitative estimate of drug-likeness (QED) is 0.549. The zero-order chi connectivity index (χ0) is 14.4. The minimum atomic E-state index is -1.50. The third-order valence-corrected chi connectivity index (χ3v) is 3.55. The largest absolute Gasteiger partial charge is 0.388 e. The van der Waals surface area contributed by atoms with Gasteiger partial charge in [-0.15, -0.1) is 0 Å². The molecule has 0 saturated carbocycles. The van der Waals surface area contributed by atoms with E-state index in [1.807, 2.05) is 0 Å². The smallest absolute Gasteiger partial charge is 0.301 e. The Labute approximate surface area is 114 Å². The Morgan fingerprint density at radius 3 is 2.55 bits per heavy atom. The molecule has 3 rings (SSSR count). The Kier molecular flexibility index (Phi) is 3.06. The first-order chi connectivity index (χ1) is 9.52. The van der Waals surface area contributed by atoms with Crippen molar-refractivity contribution in [2.75, 3.05) is 11.5 Å². The van der Waals surface area contributed by atoms with Crippen LogP contribution in [-0.4, -0.2) is 58.2 Å². The van der Waals surface area contributed by atoms with Crippen molar-refractivity contribution in [3.05, 3.63) is 29.8 Å². The molecule has 1 aromatic carbocycles. The fourth-order valence-corrected chi connectivity index (χ4v) is 2.48. The summed E-state index contributed by atoms with van der Waals surface area (Å²) >= 11 is 0. The predicted molar refractivity (Wildman–Crippen MR) is 66.0 cm³/mol. The van der Waals surface area contributed by atoms with E-state index < -0.39 is 36.2 Å². The Morgan fingerprint density at radius 2 is 1.80 bits per heavy atom. The number of carbonyl (C=O) groups excluding carboxylic acids is 2. The molecule has 1 amide bonds. The third-order valence-electron chi connectivity index (χ3n) is 3.55. The van der Waals surface area contributed by atoms with E-state index >= 15 is 0 Å². The topological polar surface area (TPSA) is 107 Å². The lowest BCUT2D eigenvalue weighted by Gasteiger charge is -2.39. The SMILES string of the molecule is O=C1C(=O)N([C@@H]2OC[C@H](O)[C@H](O)[C@H]2O)c2ccccc21. The molecule has 0 spiro atoms. The highest BCUT2D eigenvalue weighted by Gasteiger charge is 2.47. The maximum atomic E-state index is 12.0. The molecule has 106 valence electrons. The fraction of sp³-hybridized carbons (Fsp3) is 0.385. The zero-order valence-corrected chi connectivity index (χ0v) is 10.3. The highest BCUT2D eigenvalue weighted by Crippen LogP contribution is 2.33. The second kappa shape index (κ2) is 4.64. The first-order valence-corrected chi connectivity index (χ1v) is 6.15. The highest BCUT2D eigenvalue weighted by molar-refractivity contribution is 6.52. The van der Waals surface area contributed by atoms with Gasteiger partial charge in [-0.3, -0.25) is 14.5 Å². The molecular weight excluding hydrogens is 266 g/mol. The maximum Gasteiger partial charge on any atom is 0.301 e. The van der Waals surface area contributed by atoms with Crippen LogP contribution in [0.5, 0.6) is 0 Å². The van der Waals surface area contributed by atoms with Crippen LogP contribution in [0.2, 0.25) is 0 Å². The van der Waals surface area contributed by atoms with Gasteiger partial charge in [-0.1, -0.05) is 12.1 Å². The van der Waals surface area contributed by atoms with Crippen molar-refractivity contribution in [2.45, 2.75) is 24.5 Å². The van der Waals surface area contributed by atoms with Crippen molar-refractivity contribution in [1.82, 2.24) is 0 Å². The number of aliphatic hydroxyl groups excluding tert-OH is 3. The predicted octanol–water partition coefficient (Wildman–Crippen LogP) is -1.35. The number of aliphatic hydroxyl groups is 3. The first-order valence-electron chi connectivity index (χ1n) is 6.15. The standard InChI is InChI=1S/C13H13NO6/c15-8-5-20-13(11(18)10(8)17)14-7-4-2-1-3-6(7)9(16)12(14)19/h1-4,8,10-11,13,15,17-18H,5H2/t8-,10-,11+,13+/m0/s1. The van der Waals surface area contributed by atoms with Crippen LogP contribution in [0.15, 0.2) is 24.3 Å². The average Bonchev–Trinajstić information content (AvgIpc) is 2.70. The van der Waals surface area contributed by atoms with Crippen LogP contribution < -0.4 is 4.90 Å². The number of benzene rings is 1. The highest BCUT2D eigenvalue weighted by atomic mass is 16.5. The van der Waals surface area contributed by atoms with Gasteiger partial charge in [0.25, 0.3) is 5.78 Å². The van der Waals surface area contributed by atoms with E-state index in [1.165, 1.54) is 6.07 Å². The average molecular weight is 279 g/mol. The van der Waals surface area contributed by atoms with Crippen LogP contribution in [0.3, 0.4) is 0 Å². The van der Waals surface area contributed by atoms with Crippen LogP contribution in [0.4, 0.5) is 5.69 Å². The van der Waals surface area contributed by atoms with Crippen molar-refractivity contribution in [1.29, 1.82) is 0 Å². The monoisotopic (exact) mass is 279 g/mol. The van der Waals surface area contributed by atoms with E-state index in [4.69, 9.17) is 4.74 Å². The van der Waals surface area contributed by atoms with Crippen molar-refractivity contribution in [2.24, 2.45) is 0 Å². The Balaban J connectivity index is 1.99. The van der Waals surface area contributed by atoms with E-state index in [-0.39, 0.29) is 12.2 Å². The summed E-state index contributed by atoms with van der Waals surface area (Å²) < 4.78 is 5.23. The summed E-state index contributed by atoms with van der Waals surface area (Å²) in [5.41, 5.74) is 0.559.